The molecule has 0 atom stereocenters. The Kier molecular flexibility index (Phi) is 5.41. The molecule has 0 aliphatic carbocycles. The van der Waals surface area contributed by atoms with Gasteiger partial charge in [-0.3, -0.25) is 4.40 Å². The van der Waals surface area contributed by atoms with E-state index < -0.39 is 0 Å². The van der Waals surface area contributed by atoms with Crippen LogP contribution in [-0.2, 0) is 10.8 Å². The predicted molar refractivity (Wildman–Crippen MR) is 196 cm³/mol. The molecule has 0 saturated carbocycles. The van der Waals surface area contributed by atoms with Crippen LogP contribution < -0.4 is 0 Å². The van der Waals surface area contributed by atoms with Gasteiger partial charge in [-0.1, -0.05) is 84.0 Å². The normalized spacial score (nSPS) is 13.0. The van der Waals surface area contributed by atoms with Crippen LogP contribution in [0.2, 0.25) is 0 Å². The number of para-hydroxylation sites is 1. The van der Waals surface area contributed by atoms with Crippen molar-refractivity contribution in [3.63, 3.8) is 0 Å². The first-order valence-corrected chi connectivity index (χ1v) is 16.2. The molecule has 4 aromatic carbocycles. The first-order chi connectivity index (χ1) is 22.0. The summed E-state index contributed by atoms with van der Waals surface area (Å²) >= 11 is 0. The van der Waals surface area contributed by atoms with Crippen LogP contribution in [0.1, 0.15) is 52.7 Å². The molecule has 5 aromatic heterocycles. The van der Waals surface area contributed by atoms with E-state index in [-0.39, 0.29) is 10.8 Å². The standard InChI is InChI=1S/C42H36N4/c1-41(2,3)25-20-29-24-17-18-28-27-11-7-8-15-36(27)46(37(28)19-24)38-16-10-14-35(44-38)34-13-9-12-33(43-34)32-23-26(42(4,5)6)22-31-30(21-25)39(29)45-40(31)32/h7-23,45H,1-6H3. The number of aromatic amines is 1. The average Bonchev–Trinajstić information content (AvgIpc) is 3.58. The number of nitrogens with zero attached hydrogens (tertiary/aromatic N) is 3. The zero-order valence-electron chi connectivity index (χ0n) is 27.2. The minimum absolute atomic E-state index is 0.0307. The van der Waals surface area contributed by atoms with Gasteiger partial charge in [0, 0.05) is 32.3 Å². The second kappa shape index (κ2) is 9.17. The molecule has 0 amide bonds. The molecule has 0 fully saturated rings. The minimum atomic E-state index is -0.0379. The molecule has 4 nitrogen and oxygen atoms in total. The molecule has 5 heterocycles. The number of hydrogen-bond donors (Lipinski definition) is 1. The topological polar surface area (TPSA) is 46.0 Å². The number of fused-ring (bicyclic) bond motifs is 13. The fourth-order valence-corrected chi connectivity index (χ4v) is 7.20. The Morgan fingerprint density at radius 2 is 1.07 bits per heavy atom. The first-order valence-electron chi connectivity index (χ1n) is 16.2. The Hall–Kier alpha value is -5.22. The van der Waals surface area contributed by atoms with Crippen molar-refractivity contribution in [1.82, 2.24) is 19.4 Å². The van der Waals surface area contributed by atoms with Gasteiger partial charge in [-0.2, -0.15) is 0 Å². The van der Waals surface area contributed by atoms with E-state index in [0.29, 0.717) is 0 Å². The van der Waals surface area contributed by atoms with Crippen LogP contribution in [0.15, 0.2) is 103 Å². The van der Waals surface area contributed by atoms with Gasteiger partial charge in [0.05, 0.1) is 38.6 Å². The van der Waals surface area contributed by atoms with E-state index in [1.807, 2.05) is 0 Å². The van der Waals surface area contributed by atoms with Gasteiger partial charge in [0.1, 0.15) is 5.65 Å². The maximum absolute atomic E-state index is 5.29. The van der Waals surface area contributed by atoms with Crippen molar-refractivity contribution in [2.24, 2.45) is 0 Å². The van der Waals surface area contributed by atoms with Crippen LogP contribution in [0.3, 0.4) is 0 Å². The Morgan fingerprint density at radius 3 is 1.80 bits per heavy atom. The van der Waals surface area contributed by atoms with Crippen molar-refractivity contribution < 1.29 is 0 Å². The molecule has 0 unspecified atom stereocenters. The largest absolute Gasteiger partial charge is 0.353 e. The van der Waals surface area contributed by atoms with Gasteiger partial charge in [0.2, 0.25) is 0 Å². The quantitative estimate of drug-likeness (QED) is 0.189. The third-order valence-corrected chi connectivity index (χ3v) is 9.78. The van der Waals surface area contributed by atoms with Gasteiger partial charge in [0.25, 0.3) is 0 Å². The maximum Gasteiger partial charge on any atom is 0.138 e. The first kappa shape index (κ1) is 27.1. The number of aromatic nitrogens is 4. The second-order valence-electron chi connectivity index (χ2n) is 14.9. The number of H-pyrrole nitrogens is 1. The number of benzene rings is 4. The summed E-state index contributed by atoms with van der Waals surface area (Å²) in [6, 6.07) is 37.7. The number of pyridine rings is 2. The smallest absolute Gasteiger partial charge is 0.138 e. The van der Waals surface area contributed by atoms with Gasteiger partial charge in [-0.05, 0) is 88.0 Å². The van der Waals surface area contributed by atoms with Crippen LogP contribution in [0.4, 0.5) is 0 Å². The lowest BCUT2D eigenvalue weighted by molar-refractivity contribution is 0.591. The molecule has 8 bridgehead atoms. The predicted octanol–water partition coefficient (Wildman–Crippen LogP) is 11.3. The highest BCUT2D eigenvalue weighted by atomic mass is 15.0. The molecule has 0 radical (unpaired) electrons. The van der Waals surface area contributed by atoms with Gasteiger partial charge in [0.15, 0.2) is 0 Å². The van der Waals surface area contributed by atoms with E-state index in [9.17, 15) is 0 Å². The Morgan fingerprint density at radius 1 is 0.478 bits per heavy atom. The summed E-state index contributed by atoms with van der Waals surface area (Å²) in [7, 11) is 0. The summed E-state index contributed by atoms with van der Waals surface area (Å²) in [6.07, 6.45) is 0. The van der Waals surface area contributed by atoms with Crippen molar-refractivity contribution in [2.75, 3.05) is 0 Å². The average molecular weight is 597 g/mol. The van der Waals surface area contributed by atoms with E-state index >= 15 is 0 Å². The molecule has 0 aliphatic rings. The van der Waals surface area contributed by atoms with Crippen LogP contribution in [0.5, 0.6) is 0 Å². The fourth-order valence-electron chi connectivity index (χ4n) is 7.20. The van der Waals surface area contributed by atoms with Gasteiger partial charge >= 0.3 is 0 Å². The molecular weight excluding hydrogens is 560 g/mol. The molecule has 9 rings (SSSR count). The Balaban J connectivity index is 1.64. The maximum atomic E-state index is 5.29. The highest BCUT2D eigenvalue weighted by Crippen LogP contribution is 2.40. The summed E-state index contributed by atoms with van der Waals surface area (Å²) < 4.78 is 2.31. The van der Waals surface area contributed by atoms with E-state index in [2.05, 4.69) is 154 Å². The van der Waals surface area contributed by atoms with E-state index in [1.54, 1.807) is 0 Å². The van der Waals surface area contributed by atoms with Crippen LogP contribution in [0, 0.1) is 0 Å². The van der Waals surface area contributed by atoms with E-state index in [1.165, 1.54) is 43.4 Å². The number of hydrogen-bond acceptors (Lipinski definition) is 2. The highest BCUT2D eigenvalue weighted by molar-refractivity contribution is 6.22. The zero-order valence-corrected chi connectivity index (χ0v) is 27.2. The molecule has 1 N–H and O–H groups in total. The Bertz CT molecular complexity index is 2760. The van der Waals surface area contributed by atoms with Gasteiger partial charge in [-0.25, -0.2) is 9.97 Å². The molecular formula is C42H36N4. The molecule has 9 aromatic rings. The summed E-state index contributed by atoms with van der Waals surface area (Å²) in [5.41, 5.74) is 10.6. The van der Waals surface area contributed by atoms with Crippen molar-refractivity contribution in [3.05, 3.63) is 114 Å². The van der Waals surface area contributed by atoms with Crippen molar-refractivity contribution in [2.45, 2.75) is 52.4 Å². The number of rotatable bonds is 0. The third kappa shape index (κ3) is 3.92. The van der Waals surface area contributed by atoms with Gasteiger partial charge < -0.3 is 4.98 Å². The SMILES string of the molecule is CC(C)(C)c1cc2c3ccc4c5ccccc5n(c5cccc(n5)c5cccc(n5)c5cc(C(C)(C)C)cc6c(c1)c2[nH]c56)c4c3. The molecule has 0 saturated heterocycles. The monoisotopic (exact) mass is 596 g/mol. The molecule has 0 spiro atoms. The molecule has 224 valence electrons. The minimum Gasteiger partial charge on any atom is -0.353 e. The number of nitrogens with one attached hydrogen (secondary N) is 1. The molecule has 4 heteroatoms. The highest BCUT2D eigenvalue weighted by Gasteiger charge is 2.22. The lowest BCUT2D eigenvalue weighted by Crippen LogP contribution is -2.11. The summed E-state index contributed by atoms with van der Waals surface area (Å²) in [5, 5.41) is 8.42. The second-order valence-corrected chi connectivity index (χ2v) is 14.9. The third-order valence-electron chi connectivity index (χ3n) is 9.78. The van der Waals surface area contributed by atoms with Gasteiger partial charge in [-0.15, -0.1) is 0 Å². The van der Waals surface area contributed by atoms with Crippen LogP contribution >= 0.6 is 0 Å². The van der Waals surface area contributed by atoms with Crippen molar-refractivity contribution in [1.29, 1.82) is 0 Å². The molecule has 0 aliphatic heterocycles. The zero-order chi connectivity index (χ0) is 31.5. The van der Waals surface area contributed by atoms with E-state index in [0.717, 1.165) is 49.7 Å². The van der Waals surface area contributed by atoms with Crippen molar-refractivity contribution >= 4 is 82.0 Å². The Labute approximate surface area is 267 Å². The van der Waals surface area contributed by atoms with Crippen LogP contribution in [-0.4, -0.2) is 19.4 Å². The molecule has 46 heavy (non-hydrogen) atoms. The lowest BCUT2D eigenvalue weighted by Gasteiger charge is -2.21. The summed E-state index contributed by atoms with van der Waals surface area (Å²) in [5.74, 6) is 0. The summed E-state index contributed by atoms with van der Waals surface area (Å²) in [6.45, 7) is 13.8. The van der Waals surface area contributed by atoms with Crippen LogP contribution in [0.25, 0.3) is 82.0 Å². The fraction of sp³-hybridized carbons (Fsp3) is 0.190. The van der Waals surface area contributed by atoms with E-state index in [4.69, 9.17) is 9.97 Å². The summed E-state index contributed by atoms with van der Waals surface area (Å²) in [4.78, 5) is 14.5. The lowest BCUT2D eigenvalue weighted by atomic mass is 9.84. The van der Waals surface area contributed by atoms with Crippen molar-refractivity contribution in [3.8, 4) is 0 Å².